The molecule has 0 bridgehead atoms. The Balaban J connectivity index is 1.48. The summed E-state index contributed by atoms with van der Waals surface area (Å²) >= 11 is 7.82. The van der Waals surface area contributed by atoms with Crippen molar-refractivity contribution in [2.75, 3.05) is 0 Å². The van der Waals surface area contributed by atoms with Gasteiger partial charge in [-0.2, -0.15) is 0 Å². The van der Waals surface area contributed by atoms with E-state index in [4.69, 9.17) is 49.1 Å². The van der Waals surface area contributed by atoms with Crippen LogP contribution in [0, 0.1) is 41.5 Å². The Hall–Kier alpha value is -2.82. The molecule has 2 heterocycles. The third kappa shape index (κ3) is 5.89. The molecular weight excluding hydrogens is 846 g/mol. The fourth-order valence-electron chi connectivity index (χ4n) is 8.91. The number of halogens is 4. The van der Waals surface area contributed by atoms with Gasteiger partial charge in [0, 0.05) is 0 Å². The minimum atomic E-state index is -5.43. The second-order valence-electron chi connectivity index (χ2n) is 15.5. The van der Waals surface area contributed by atoms with Crippen LogP contribution in [0.4, 0.5) is 0 Å². The van der Waals surface area contributed by atoms with Crippen LogP contribution in [-0.4, -0.2) is 5.43 Å². The van der Waals surface area contributed by atoms with E-state index >= 15 is 0 Å². The first-order chi connectivity index (χ1) is 25.6. The van der Waals surface area contributed by atoms with E-state index in [1.54, 1.807) is 0 Å². The summed E-state index contributed by atoms with van der Waals surface area (Å²) < 4.78 is 12.7. The zero-order valence-electron chi connectivity index (χ0n) is 31.7. The standard InChI is InChI=1S/2C22H18ClO.C2H6Si.2ClH.Zr/c2*1-13-7-8-16-10-18(21-9-14(2)15(3)24-21)12-20(16)22(13)17-5-4-6-19(23)11-17;1-3-2;;;/h2*4-12H,1-3H3;1-2H3;2*1H;/q;;;;;+2/p-2. The SMILES string of the molecule is Cc1cc(C2=Cc3c(ccc(C)c3-c3cccc(Cl)c3)[CH]2[Zr]([Cl])([Cl])([CH]2C(c3cc(C)c(C)o3)=Cc3c2ccc(C)c3-c2cccc(Cl)c2)=[Si](C)C)oc1C. The fraction of sp³-hybridized carbons (Fsp3) is 0.217. The predicted molar refractivity (Wildman–Crippen MR) is 230 cm³/mol. The van der Waals surface area contributed by atoms with E-state index in [0.29, 0.717) is 10.0 Å². The molecule has 0 aliphatic heterocycles. The van der Waals surface area contributed by atoms with Crippen molar-refractivity contribution in [2.45, 2.75) is 61.9 Å². The van der Waals surface area contributed by atoms with Gasteiger partial charge in [-0.1, -0.05) is 0 Å². The Morgan fingerprint density at radius 2 is 0.944 bits per heavy atom. The van der Waals surface area contributed by atoms with Gasteiger partial charge in [0.1, 0.15) is 0 Å². The molecule has 2 aromatic heterocycles. The number of hydrogen-bond donors (Lipinski definition) is 0. The molecule has 8 rings (SSSR count). The van der Waals surface area contributed by atoms with Crippen LogP contribution in [0.3, 0.4) is 0 Å². The van der Waals surface area contributed by atoms with E-state index in [1.165, 1.54) is 0 Å². The van der Waals surface area contributed by atoms with Crippen LogP contribution in [-0.2, 0) is 15.0 Å². The summed E-state index contributed by atoms with van der Waals surface area (Å²) in [5.74, 6) is 3.42. The average molecular weight is 888 g/mol. The van der Waals surface area contributed by atoms with Gasteiger partial charge < -0.3 is 0 Å². The summed E-state index contributed by atoms with van der Waals surface area (Å²) in [6.45, 7) is 17.2. The number of hydrogen-bond acceptors (Lipinski definition) is 2. The van der Waals surface area contributed by atoms with Crippen LogP contribution in [0.15, 0.2) is 93.8 Å². The van der Waals surface area contributed by atoms with Crippen molar-refractivity contribution in [3.8, 4) is 22.3 Å². The topological polar surface area (TPSA) is 26.3 Å². The Kier molecular flexibility index (Phi) is 9.65. The molecule has 2 aliphatic rings. The summed E-state index contributed by atoms with van der Waals surface area (Å²) in [6.07, 6.45) is 4.63. The van der Waals surface area contributed by atoms with E-state index in [9.17, 15) is 0 Å². The van der Waals surface area contributed by atoms with Crippen molar-refractivity contribution in [3.05, 3.63) is 163 Å². The molecule has 54 heavy (non-hydrogen) atoms. The normalized spacial score (nSPS) is 16.7. The van der Waals surface area contributed by atoms with Crippen molar-refractivity contribution in [1.29, 1.82) is 0 Å². The fourth-order valence-corrected chi connectivity index (χ4v) is 37.0. The van der Waals surface area contributed by atoms with Crippen molar-refractivity contribution in [2.24, 2.45) is 0 Å². The van der Waals surface area contributed by atoms with Gasteiger partial charge in [0.25, 0.3) is 0 Å². The van der Waals surface area contributed by atoms with E-state index in [2.05, 4.69) is 101 Å². The summed E-state index contributed by atoms with van der Waals surface area (Å²) in [7, 11) is 17.8. The summed E-state index contributed by atoms with van der Waals surface area (Å²) in [4.78, 5) is 0. The van der Waals surface area contributed by atoms with E-state index in [0.717, 1.165) is 101 Å². The molecule has 0 saturated carbocycles. The predicted octanol–water partition coefficient (Wildman–Crippen LogP) is 15.5. The molecule has 4 aromatic carbocycles. The van der Waals surface area contributed by atoms with Crippen molar-refractivity contribution < 1.29 is 23.8 Å². The third-order valence-electron chi connectivity index (χ3n) is 12.0. The summed E-state index contributed by atoms with van der Waals surface area (Å²) in [6, 6.07) is 29.5. The van der Waals surface area contributed by atoms with Gasteiger partial charge in [0.2, 0.25) is 0 Å². The number of allylic oxidation sites excluding steroid dienone is 2. The Morgan fingerprint density at radius 1 is 0.537 bits per heavy atom. The maximum absolute atomic E-state index is 8.92. The number of rotatable bonds is 6. The van der Waals surface area contributed by atoms with E-state index < -0.39 is 20.4 Å². The second-order valence-corrected chi connectivity index (χ2v) is 55.1. The quantitative estimate of drug-likeness (QED) is 0.156. The van der Waals surface area contributed by atoms with Gasteiger partial charge in [-0.25, -0.2) is 0 Å². The maximum atomic E-state index is 8.92. The molecule has 0 fully saturated rings. The Bertz CT molecular complexity index is 2490. The molecule has 0 spiro atoms. The summed E-state index contributed by atoms with van der Waals surface area (Å²) in [5, 5.41) is 1.39. The van der Waals surface area contributed by atoms with Crippen molar-refractivity contribution >= 4 is 69.0 Å². The first-order valence-corrected chi connectivity index (χ1v) is 34.4. The first-order valence-electron chi connectivity index (χ1n) is 18.3. The molecular formula is C46H42Cl4O2SiZr. The Labute approximate surface area is 336 Å². The monoisotopic (exact) mass is 884 g/mol. The zero-order valence-corrected chi connectivity index (χ0v) is 38.2. The molecule has 274 valence electrons. The molecule has 8 heteroatoms. The number of furan rings is 2. The zero-order chi connectivity index (χ0) is 38.5. The van der Waals surface area contributed by atoms with Crippen molar-refractivity contribution in [3.63, 3.8) is 0 Å². The van der Waals surface area contributed by atoms with Crippen LogP contribution in [0.1, 0.15) is 74.8 Å². The van der Waals surface area contributed by atoms with Gasteiger partial charge in [0.15, 0.2) is 0 Å². The van der Waals surface area contributed by atoms with Gasteiger partial charge in [-0.3, -0.25) is 0 Å². The molecule has 2 atom stereocenters. The van der Waals surface area contributed by atoms with Crippen molar-refractivity contribution in [1.82, 2.24) is 0 Å². The van der Waals surface area contributed by atoms with Gasteiger partial charge in [0.05, 0.1) is 0 Å². The summed E-state index contributed by atoms with van der Waals surface area (Å²) in [5.41, 5.74) is 14.1. The van der Waals surface area contributed by atoms with Crippen LogP contribution >= 0.6 is 40.2 Å². The first kappa shape index (κ1) is 38.1. The number of benzene rings is 4. The van der Waals surface area contributed by atoms with Gasteiger partial charge in [-0.05, 0) is 0 Å². The molecule has 0 amide bonds. The third-order valence-corrected chi connectivity index (χ3v) is 58.7. The van der Waals surface area contributed by atoms with Crippen LogP contribution in [0.2, 0.25) is 23.1 Å². The Morgan fingerprint density at radius 3 is 1.28 bits per heavy atom. The van der Waals surface area contributed by atoms with Gasteiger partial charge in [-0.15, -0.1) is 0 Å². The van der Waals surface area contributed by atoms with Crippen LogP contribution < -0.4 is 0 Å². The minimum absolute atomic E-state index is 0.274. The van der Waals surface area contributed by atoms with E-state index in [1.807, 2.05) is 50.2 Å². The number of fused-ring (bicyclic) bond motifs is 2. The molecule has 0 radical (unpaired) electrons. The molecule has 2 nitrogen and oxygen atoms in total. The van der Waals surface area contributed by atoms with Crippen LogP contribution in [0.5, 0.6) is 0 Å². The number of aryl methyl sites for hydroxylation is 6. The average Bonchev–Trinajstić information content (AvgIpc) is 3.88. The van der Waals surface area contributed by atoms with E-state index in [-0.39, 0.29) is 7.25 Å². The molecule has 6 aromatic rings. The molecule has 0 N–H and O–H groups in total. The second kappa shape index (κ2) is 13.7. The molecule has 0 saturated heterocycles. The molecule has 2 aliphatic carbocycles. The van der Waals surface area contributed by atoms with Gasteiger partial charge >= 0.3 is 339 Å². The molecule has 2 unspecified atom stereocenters. The van der Waals surface area contributed by atoms with Crippen LogP contribution in [0.25, 0.3) is 45.6 Å².